The van der Waals surface area contributed by atoms with E-state index in [-0.39, 0.29) is 4.90 Å². The topological polar surface area (TPSA) is 115 Å². The molecule has 0 unspecified atom stereocenters. The van der Waals surface area contributed by atoms with Gasteiger partial charge < -0.3 is 14.4 Å². The highest BCUT2D eigenvalue weighted by Crippen LogP contribution is 2.17. The van der Waals surface area contributed by atoms with Crippen LogP contribution in [0.1, 0.15) is 42.0 Å². The lowest BCUT2D eigenvalue weighted by atomic mass is 10.1. The molecule has 1 heterocycles. The number of rotatable bonds is 10. The zero-order valence-corrected chi connectivity index (χ0v) is 19.5. The molecule has 0 fully saturated rings. The van der Waals surface area contributed by atoms with E-state index in [1.165, 1.54) is 31.2 Å². The van der Waals surface area contributed by atoms with Crippen LogP contribution in [0.5, 0.6) is 0 Å². The standard InChI is InChI=1S/C21H27ClN2O6S/c1-5-10-24-13(2)11-18(14(24)3)19(26)12-30-21(27)20(15(4)25)23-31(28,29)17-8-6-16(22)7-9-17/h6-9,11,15,20,23,25H,5,10,12H2,1-4H3/t15-,20-/m1/s1. The molecule has 0 spiro atoms. The van der Waals surface area contributed by atoms with E-state index in [0.717, 1.165) is 24.4 Å². The van der Waals surface area contributed by atoms with Crippen LogP contribution in [0.25, 0.3) is 0 Å². The molecule has 0 aliphatic rings. The second kappa shape index (κ2) is 10.4. The molecule has 0 bridgehead atoms. The number of nitrogens with one attached hydrogen (secondary N) is 1. The number of nitrogens with zero attached hydrogens (tertiary/aromatic N) is 1. The first-order chi connectivity index (χ1) is 14.5. The Kier molecular flexibility index (Phi) is 8.41. The predicted molar refractivity (Wildman–Crippen MR) is 117 cm³/mol. The van der Waals surface area contributed by atoms with Crippen LogP contribution in [-0.2, 0) is 26.1 Å². The smallest absolute Gasteiger partial charge is 0.327 e. The number of Topliss-reactive ketones (excluding diaryl/α,β-unsaturated/α-hetero) is 1. The quantitative estimate of drug-likeness (QED) is 0.407. The molecule has 1 aromatic carbocycles. The van der Waals surface area contributed by atoms with Crippen molar-refractivity contribution in [2.75, 3.05) is 6.61 Å². The summed E-state index contributed by atoms with van der Waals surface area (Å²) < 4.78 is 34.2. The number of hydrogen-bond donors (Lipinski definition) is 2. The Labute approximate surface area is 187 Å². The van der Waals surface area contributed by atoms with Crippen LogP contribution in [0.3, 0.4) is 0 Å². The van der Waals surface area contributed by atoms with Crippen LogP contribution in [-0.4, -0.2) is 48.6 Å². The van der Waals surface area contributed by atoms with Crippen LogP contribution in [0.4, 0.5) is 0 Å². The SMILES string of the molecule is CCCn1c(C)cc(C(=O)COC(=O)[C@H](NS(=O)(=O)c2ccc(Cl)cc2)[C@@H](C)O)c1C. The molecule has 2 atom stereocenters. The van der Waals surface area contributed by atoms with Crippen molar-refractivity contribution in [2.24, 2.45) is 0 Å². The molecule has 0 aliphatic carbocycles. The van der Waals surface area contributed by atoms with Gasteiger partial charge in [-0.05, 0) is 57.5 Å². The summed E-state index contributed by atoms with van der Waals surface area (Å²) in [7, 11) is -4.13. The molecule has 8 nitrogen and oxygen atoms in total. The van der Waals surface area contributed by atoms with Crippen LogP contribution in [0.2, 0.25) is 5.02 Å². The lowest BCUT2D eigenvalue weighted by molar-refractivity contribution is -0.147. The van der Waals surface area contributed by atoms with Crippen LogP contribution >= 0.6 is 11.6 Å². The number of esters is 1. The first-order valence-electron chi connectivity index (χ1n) is 9.80. The van der Waals surface area contributed by atoms with Crippen molar-refractivity contribution in [3.05, 3.63) is 52.3 Å². The fourth-order valence-corrected chi connectivity index (χ4v) is 4.53. The van der Waals surface area contributed by atoms with E-state index in [1.807, 2.05) is 25.3 Å². The van der Waals surface area contributed by atoms with Crippen molar-refractivity contribution >= 4 is 33.4 Å². The van der Waals surface area contributed by atoms with Gasteiger partial charge >= 0.3 is 5.97 Å². The number of hydrogen-bond acceptors (Lipinski definition) is 6. The molecular formula is C21H27ClN2O6S. The molecule has 0 radical (unpaired) electrons. The van der Waals surface area contributed by atoms with Gasteiger partial charge in [0.2, 0.25) is 15.8 Å². The second-order valence-electron chi connectivity index (χ2n) is 7.26. The Morgan fingerprint density at radius 1 is 1.23 bits per heavy atom. The third-order valence-electron chi connectivity index (χ3n) is 4.81. The summed E-state index contributed by atoms with van der Waals surface area (Å²) in [4.78, 5) is 24.9. The van der Waals surface area contributed by atoms with Gasteiger partial charge in [-0.15, -0.1) is 0 Å². The Morgan fingerprint density at radius 3 is 2.39 bits per heavy atom. The molecule has 2 aromatic rings. The van der Waals surface area contributed by atoms with Gasteiger partial charge in [-0.2, -0.15) is 4.72 Å². The molecule has 2 N–H and O–H groups in total. The number of ketones is 1. The monoisotopic (exact) mass is 470 g/mol. The minimum absolute atomic E-state index is 0.130. The van der Waals surface area contributed by atoms with E-state index < -0.39 is 40.5 Å². The number of carbonyl (C=O) groups excluding carboxylic acids is 2. The number of sulfonamides is 1. The average molecular weight is 471 g/mol. The highest BCUT2D eigenvalue weighted by atomic mass is 35.5. The number of ether oxygens (including phenoxy) is 1. The third kappa shape index (κ3) is 6.16. The van der Waals surface area contributed by atoms with Gasteiger partial charge in [-0.3, -0.25) is 9.59 Å². The Morgan fingerprint density at radius 2 is 1.84 bits per heavy atom. The molecule has 1 aromatic heterocycles. The number of aryl methyl sites for hydroxylation is 1. The van der Waals surface area contributed by atoms with E-state index >= 15 is 0 Å². The molecule has 0 saturated heterocycles. The maximum Gasteiger partial charge on any atom is 0.327 e. The molecule has 0 amide bonds. The van der Waals surface area contributed by atoms with Gasteiger partial charge in [-0.25, -0.2) is 8.42 Å². The molecule has 0 aliphatic heterocycles. The van der Waals surface area contributed by atoms with Crippen molar-refractivity contribution in [1.82, 2.24) is 9.29 Å². The lowest BCUT2D eigenvalue weighted by Crippen LogP contribution is -2.48. The zero-order chi connectivity index (χ0) is 23.3. The number of carbonyl (C=O) groups is 2. The molecule has 10 heteroatoms. The van der Waals surface area contributed by atoms with Crippen molar-refractivity contribution < 1.29 is 27.9 Å². The maximum atomic E-state index is 12.6. The lowest BCUT2D eigenvalue weighted by Gasteiger charge is -2.20. The third-order valence-corrected chi connectivity index (χ3v) is 6.52. The first-order valence-corrected chi connectivity index (χ1v) is 11.7. The number of aliphatic hydroxyl groups excluding tert-OH is 1. The maximum absolute atomic E-state index is 12.6. The highest BCUT2D eigenvalue weighted by Gasteiger charge is 2.31. The van der Waals surface area contributed by atoms with Gasteiger partial charge in [0.1, 0.15) is 6.04 Å². The number of aromatic nitrogens is 1. The van der Waals surface area contributed by atoms with Crippen LogP contribution in [0, 0.1) is 13.8 Å². The van der Waals surface area contributed by atoms with Gasteiger partial charge in [0.15, 0.2) is 6.61 Å². The second-order valence-corrected chi connectivity index (χ2v) is 9.41. The summed E-state index contributed by atoms with van der Waals surface area (Å²) in [6.45, 7) is 7.18. The predicted octanol–water partition coefficient (Wildman–Crippen LogP) is 2.62. The largest absolute Gasteiger partial charge is 0.456 e. The van der Waals surface area contributed by atoms with Gasteiger partial charge in [-0.1, -0.05) is 18.5 Å². The van der Waals surface area contributed by atoms with E-state index in [2.05, 4.69) is 4.72 Å². The highest BCUT2D eigenvalue weighted by molar-refractivity contribution is 7.89. The van der Waals surface area contributed by atoms with Crippen molar-refractivity contribution in [2.45, 2.75) is 57.7 Å². The summed E-state index contributed by atoms with van der Waals surface area (Å²) in [6.07, 6.45) is -0.484. The van der Waals surface area contributed by atoms with E-state index in [4.69, 9.17) is 16.3 Å². The fraction of sp³-hybridized carbons (Fsp3) is 0.429. The van der Waals surface area contributed by atoms with Crippen molar-refractivity contribution in [3.8, 4) is 0 Å². The van der Waals surface area contributed by atoms with Gasteiger partial charge in [0.25, 0.3) is 0 Å². The minimum atomic E-state index is -4.13. The van der Waals surface area contributed by atoms with Crippen LogP contribution < -0.4 is 4.72 Å². The van der Waals surface area contributed by atoms with E-state index in [1.54, 1.807) is 6.07 Å². The van der Waals surface area contributed by atoms with Crippen molar-refractivity contribution in [3.63, 3.8) is 0 Å². The molecular weight excluding hydrogens is 444 g/mol. The van der Waals surface area contributed by atoms with E-state index in [9.17, 15) is 23.1 Å². The molecule has 170 valence electrons. The first kappa shape index (κ1) is 25.1. The van der Waals surface area contributed by atoms with Crippen LogP contribution in [0.15, 0.2) is 35.2 Å². The summed E-state index contributed by atoms with van der Waals surface area (Å²) in [5, 5.41) is 10.3. The summed E-state index contributed by atoms with van der Waals surface area (Å²) in [5.74, 6) is -1.46. The molecule has 31 heavy (non-hydrogen) atoms. The Bertz CT molecular complexity index is 1040. The number of benzene rings is 1. The fourth-order valence-electron chi connectivity index (χ4n) is 3.15. The summed E-state index contributed by atoms with van der Waals surface area (Å²) in [6, 6.07) is 5.46. The molecule has 0 saturated carbocycles. The summed E-state index contributed by atoms with van der Waals surface area (Å²) in [5.41, 5.74) is 2.14. The van der Waals surface area contributed by atoms with Gasteiger partial charge in [0, 0.05) is 28.5 Å². The summed E-state index contributed by atoms with van der Waals surface area (Å²) >= 11 is 5.77. The number of halogens is 1. The van der Waals surface area contributed by atoms with Crippen molar-refractivity contribution in [1.29, 1.82) is 0 Å². The zero-order valence-electron chi connectivity index (χ0n) is 17.9. The van der Waals surface area contributed by atoms with Gasteiger partial charge in [0.05, 0.1) is 11.0 Å². The minimum Gasteiger partial charge on any atom is -0.456 e. The number of aliphatic hydroxyl groups is 1. The molecule has 2 rings (SSSR count). The average Bonchev–Trinajstić information content (AvgIpc) is 2.99. The van der Waals surface area contributed by atoms with E-state index in [0.29, 0.717) is 10.6 Å². The normalized spacial score (nSPS) is 13.6. The Hall–Kier alpha value is -2.20. The Balaban J connectivity index is 2.10.